The van der Waals surface area contributed by atoms with Gasteiger partial charge < -0.3 is 10.2 Å². The standard InChI is InChI=1S/C26H32N4O3/c1-5-29-22-8-6-7-9-23(22)30(26(29)33)16-24(31)27-21-13-20(11-10-19(21)4)25(32)28-14-17(2)12-18(3)15-28/h6-11,13,17-18H,5,12,14-16H2,1-4H3,(H,27,31). The normalized spacial score (nSPS) is 18.5. The number of piperidine rings is 1. The number of para-hydroxylation sites is 2. The number of benzene rings is 2. The first-order chi connectivity index (χ1) is 15.8. The smallest absolute Gasteiger partial charge is 0.329 e. The maximum absolute atomic E-state index is 13.1. The SMILES string of the molecule is CCn1c(=O)n(CC(=O)Nc2cc(C(=O)N3CC(C)CC(C)C3)ccc2C)c2ccccc21. The van der Waals surface area contributed by atoms with Crippen LogP contribution in [0.5, 0.6) is 0 Å². The molecule has 2 amide bonds. The molecule has 1 aromatic heterocycles. The van der Waals surface area contributed by atoms with E-state index in [2.05, 4.69) is 19.2 Å². The van der Waals surface area contributed by atoms with Crippen molar-refractivity contribution in [2.75, 3.05) is 18.4 Å². The van der Waals surface area contributed by atoms with Crippen molar-refractivity contribution in [2.24, 2.45) is 11.8 Å². The van der Waals surface area contributed by atoms with Crippen LogP contribution in [0.25, 0.3) is 11.0 Å². The summed E-state index contributed by atoms with van der Waals surface area (Å²) in [7, 11) is 0. The third-order valence-electron chi connectivity index (χ3n) is 6.46. The third kappa shape index (κ3) is 4.58. The lowest BCUT2D eigenvalue weighted by Crippen LogP contribution is -2.42. The van der Waals surface area contributed by atoms with Gasteiger partial charge in [-0.05, 0) is 61.9 Å². The highest BCUT2D eigenvalue weighted by Crippen LogP contribution is 2.24. The lowest BCUT2D eigenvalue weighted by molar-refractivity contribution is -0.116. The number of hydrogen-bond acceptors (Lipinski definition) is 3. The summed E-state index contributed by atoms with van der Waals surface area (Å²) in [5.41, 5.74) is 3.36. The lowest BCUT2D eigenvalue weighted by atomic mass is 9.91. The molecule has 0 spiro atoms. The van der Waals surface area contributed by atoms with Crippen LogP contribution in [-0.4, -0.2) is 38.9 Å². The lowest BCUT2D eigenvalue weighted by Gasteiger charge is -2.35. The minimum atomic E-state index is -0.302. The number of carbonyl (C=O) groups excluding carboxylic acids is 2. The van der Waals surface area contributed by atoms with E-state index in [1.807, 2.05) is 55.1 Å². The molecule has 33 heavy (non-hydrogen) atoms. The van der Waals surface area contributed by atoms with Gasteiger partial charge in [-0.1, -0.05) is 32.0 Å². The van der Waals surface area contributed by atoms with Crippen molar-refractivity contribution in [1.82, 2.24) is 14.0 Å². The van der Waals surface area contributed by atoms with Crippen LogP contribution in [0.2, 0.25) is 0 Å². The number of hydrogen-bond donors (Lipinski definition) is 1. The topological polar surface area (TPSA) is 76.3 Å². The molecule has 7 nitrogen and oxygen atoms in total. The highest BCUT2D eigenvalue weighted by molar-refractivity contribution is 5.98. The molecule has 7 heteroatoms. The van der Waals surface area contributed by atoms with E-state index in [1.165, 1.54) is 4.57 Å². The maximum atomic E-state index is 13.1. The Hall–Kier alpha value is -3.35. The van der Waals surface area contributed by atoms with Crippen molar-refractivity contribution < 1.29 is 9.59 Å². The fourth-order valence-electron chi connectivity index (χ4n) is 4.97. The fraction of sp³-hybridized carbons (Fsp3) is 0.423. The number of amides is 2. The van der Waals surface area contributed by atoms with E-state index >= 15 is 0 Å². The van der Waals surface area contributed by atoms with E-state index in [4.69, 9.17) is 0 Å². The van der Waals surface area contributed by atoms with Gasteiger partial charge in [-0.2, -0.15) is 0 Å². The van der Waals surface area contributed by atoms with Gasteiger partial charge in [-0.25, -0.2) is 4.79 Å². The molecule has 1 saturated heterocycles. The third-order valence-corrected chi connectivity index (χ3v) is 6.46. The highest BCUT2D eigenvalue weighted by Gasteiger charge is 2.26. The monoisotopic (exact) mass is 448 g/mol. The van der Waals surface area contributed by atoms with Gasteiger partial charge in [0.15, 0.2) is 0 Å². The van der Waals surface area contributed by atoms with Gasteiger partial charge in [-0.15, -0.1) is 0 Å². The molecular formula is C26H32N4O3. The van der Waals surface area contributed by atoms with Crippen LogP contribution >= 0.6 is 0 Å². The Morgan fingerprint density at radius 2 is 1.64 bits per heavy atom. The molecule has 2 unspecified atom stereocenters. The van der Waals surface area contributed by atoms with Gasteiger partial charge in [0.2, 0.25) is 5.91 Å². The number of aryl methyl sites for hydroxylation is 2. The molecule has 1 fully saturated rings. The van der Waals surface area contributed by atoms with E-state index in [0.717, 1.165) is 36.1 Å². The second-order valence-corrected chi connectivity index (χ2v) is 9.34. The van der Waals surface area contributed by atoms with Gasteiger partial charge in [-0.3, -0.25) is 18.7 Å². The van der Waals surface area contributed by atoms with Crippen molar-refractivity contribution in [3.63, 3.8) is 0 Å². The van der Waals surface area contributed by atoms with E-state index in [-0.39, 0.29) is 24.0 Å². The zero-order valence-electron chi connectivity index (χ0n) is 19.8. The number of rotatable bonds is 5. The number of carbonyl (C=O) groups is 2. The van der Waals surface area contributed by atoms with Crippen LogP contribution in [0.15, 0.2) is 47.3 Å². The summed E-state index contributed by atoms with van der Waals surface area (Å²) in [6, 6.07) is 12.9. The average molecular weight is 449 g/mol. The van der Waals surface area contributed by atoms with Gasteiger partial charge in [0.05, 0.1) is 11.0 Å². The number of imidazole rings is 1. The van der Waals surface area contributed by atoms with Crippen LogP contribution in [0.1, 0.15) is 43.1 Å². The number of nitrogens with one attached hydrogen (secondary N) is 1. The Bertz CT molecular complexity index is 1250. The molecule has 1 N–H and O–H groups in total. The molecule has 1 aliphatic heterocycles. The summed E-state index contributed by atoms with van der Waals surface area (Å²) >= 11 is 0. The van der Waals surface area contributed by atoms with E-state index in [9.17, 15) is 14.4 Å². The molecule has 0 saturated carbocycles. The van der Waals surface area contributed by atoms with Crippen LogP contribution in [0.3, 0.4) is 0 Å². The average Bonchev–Trinajstić information content (AvgIpc) is 3.04. The molecule has 0 radical (unpaired) electrons. The number of likely N-dealkylation sites (tertiary alicyclic amines) is 1. The molecule has 1 aliphatic rings. The summed E-state index contributed by atoms with van der Waals surface area (Å²) in [5, 5.41) is 2.91. The minimum absolute atomic E-state index is 0.00821. The second-order valence-electron chi connectivity index (χ2n) is 9.34. The van der Waals surface area contributed by atoms with Crippen molar-refractivity contribution in [3.8, 4) is 0 Å². The van der Waals surface area contributed by atoms with Crippen LogP contribution < -0.4 is 11.0 Å². The Balaban J connectivity index is 1.55. The molecule has 0 bridgehead atoms. The Morgan fingerprint density at radius 1 is 1.00 bits per heavy atom. The Morgan fingerprint density at radius 3 is 2.27 bits per heavy atom. The van der Waals surface area contributed by atoms with Crippen LogP contribution in [0.4, 0.5) is 5.69 Å². The number of aromatic nitrogens is 2. The van der Waals surface area contributed by atoms with Crippen molar-refractivity contribution >= 4 is 28.5 Å². The zero-order valence-corrected chi connectivity index (χ0v) is 19.8. The predicted octanol–water partition coefficient (Wildman–Crippen LogP) is 3.89. The van der Waals surface area contributed by atoms with Gasteiger partial charge in [0.25, 0.3) is 5.91 Å². The van der Waals surface area contributed by atoms with Crippen LogP contribution in [-0.2, 0) is 17.9 Å². The van der Waals surface area contributed by atoms with E-state index in [1.54, 1.807) is 10.6 Å². The largest absolute Gasteiger partial charge is 0.338 e. The molecule has 4 rings (SSSR count). The molecule has 0 aliphatic carbocycles. The van der Waals surface area contributed by atoms with Crippen molar-refractivity contribution in [3.05, 3.63) is 64.1 Å². The van der Waals surface area contributed by atoms with Gasteiger partial charge in [0.1, 0.15) is 6.54 Å². The fourth-order valence-corrected chi connectivity index (χ4v) is 4.97. The van der Waals surface area contributed by atoms with Gasteiger partial charge >= 0.3 is 5.69 Å². The highest BCUT2D eigenvalue weighted by atomic mass is 16.2. The summed E-state index contributed by atoms with van der Waals surface area (Å²) in [6.07, 6.45) is 1.13. The first-order valence-corrected chi connectivity index (χ1v) is 11.7. The molecule has 2 heterocycles. The quantitative estimate of drug-likeness (QED) is 0.643. The predicted molar refractivity (Wildman–Crippen MR) is 131 cm³/mol. The van der Waals surface area contributed by atoms with Crippen molar-refractivity contribution in [1.29, 1.82) is 0 Å². The van der Waals surface area contributed by atoms with Crippen molar-refractivity contribution in [2.45, 2.75) is 47.2 Å². The number of anilines is 1. The molecule has 3 aromatic rings. The first kappa shape index (κ1) is 22.8. The van der Waals surface area contributed by atoms with Gasteiger partial charge in [0, 0.05) is 30.9 Å². The Labute approximate surface area is 194 Å². The van der Waals surface area contributed by atoms with E-state index < -0.39 is 0 Å². The minimum Gasteiger partial charge on any atom is -0.338 e. The summed E-state index contributed by atoms with van der Waals surface area (Å²) in [4.78, 5) is 40.8. The van der Waals surface area contributed by atoms with E-state index in [0.29, 0.717) is 29.6 Å². The Kier molecular flexibility index (Phi) is 6.40. The molecule has 174 valence electrons. The number of fused-ring (bicyclic) bond motifs is 1. The summed E-state index contributed by atoms with van der Waals surface area (Å²) in [5.74, 6) is 0.645. The second kappa shape index (κ2) is 9.25. The first-order valence-electron chi connectivity index (χ1n) is 11.7. The van der Waals surface area contributed by atoms with Crippen LogP contribution in [0, 0.1) is 18.8 Å². The summed E-state index contributed by atoms with van der Waals surface area (Å²) in [6.45, 7) is 10.1. The molecular weight excluding hydrogens is 416 g/mol. The maximum Gasteiger partial charge on any atom is 0.329 e. The summed E-state index contributed by atoms with van der Waals surface area (Å²) < 4.78 is 3.16. The zero-order chi connectivity index (χ0) is 23.7. The number of nitrogens with zero attached hydrogens (tertiary/aromatic N) is 3. The molecule has 2 atom stereocenters. The molecule has 2 aromatic carbocycles.